The van der Waals surface area contributed by atoms with Crippen LogP contribution in [0.4, 0.5) is 0 Å². The number of Topliss-reactive ketones (excluding diaryl/α,β-unsaturated/α-hetero) is 1. The number of ketones is 1. The molecule has 3 N–H and O–H groups in total. The van der Waals surface area contributed by atoms with E-state index in [0.717, 1.165) is 20.0 Å². The molecule has 1 aliphatic rings. The van der Waals surface area contributed by atoms with E-state index in [1.54, 1.807) is 0 Å². The highest BCUT2D eigenvalue weighted by Crippen LogP contribution is 2.34. The molecule has 0 aromatic carbocycles. The number of carbonyl (C=O) groups is 3. The third-order valence-electron chi connectivity index (χ3n) is 6.83. The van der Waals surface area contributed by atoms with Crippen molar-refractivity contribution in [2.45, 2.75) is 123 Å². The van der Waals surface area contributed by atoms with Crippen molar-refractivity contribution in [2.75, 3.05) is 0 Å². The van der Waals surface area contributed by atoms with Gasteiger partial charge >= 0.3 is 0 Å². The Morgan fingerprint density at radius 2 is 1.64 bits per heavy atom. The molecule has 0 spiro atoms. The SMILES string of the molecule is [B][B]C(=O)CCC(NC(C)(C)C)C(=O)C(C)(C)C(C)(C)NC(C#C)CCC(=O)NC1CCC1. The maximum atomic E-state index is 13.7. The topological polar surface area (TPSA) is 87.3 Å². The molecule has 2 atom stereocenters. The minimum Gasteiger partial charge on any atom is -0.353 e. The van der Waals surface area contributed by atoms with Gasteiger partial charge < -0.3 is 15.4 Å². The summed E-state index contributed by atoms with van der Waals surface area (Å²) in [6.07, 6.45) is 10.4. The molecule has 0 bridgehead atoms. The maximum Gasteiger partial charge on any atom is 0.220 e. The molecule has 33 heavy (non-hydrogen) atoms. The van der Waals surface area contributed by atoms with Gasteiger partial charge in [0.2, 0.25) is 5.91 Å². The van der Waals surface area contributed by atoms with Crippen molar-refractivity contribution in [3.63, 3.8) is 0 Å². The van der Waals surface area contributed by atoms with Crippen molar-refractivity contribution in [1.29, 1.82) is 0 Å². The molecule has 181 valence electrons. The van der Waals surface area contributed by atoms with Crippen LogP contribution in [0, 0.1) is 17.8 Å². The molecule has 0 aromatic heterocycles. The van der Waals surface area contributed by atoms with Gasteiger partial charge in [-0.3, -0.25) is 14.9 Å². The molecule has 2 unspecified atom stereocenters. The molecule has 8 heteroatoms. The van der Waals surface area contributed by atoms with Crippen molar-refractivity contribution in [2.24, 2.45) is 5.41 Å². The number of rotatable bonds is 14. The Morgan fingerprint density at radius 1 is 1.03 bits per heavy atom. The van der Waals surface area contributed by atoms with Crippen LogP contribution in [-0.2, 0) is 14.4 Å². The van der Waals surface area contributed by atoms with Gasteiger partial charge in [0.1, 0.15) is 7.17 Å². The molecule has 1 rings (SSSR count). The van der Waals surface area contributed by atoms with E-state index in [-0.39, 0.29) is 35.4 Å². The Hall–Kier alpha value is -1.58. The van der Waals surface area contributed by atoms with Gasteiger partial charge in [0, 0.05) is 36.7 Å². The lowest BCUT2D eigenvalue weighted by atomic mass is 9.52. The number of amides is 1. The molecule has 0 saturated heterocycles. The third-order valence-corrected chi connectivity index (χ3v) is 6.83. The van der Waals surface area contributed by atoms with Crippen LogP contribution >= 0.6 is 0 Å². The molecule has 1 amide bonds. The van der Waals surface area contributed by atoms with Gasteiger partial charge in [-0.1, -0.05) is 19.8 Å². The highest BCUT2D eigenvalue weighted by atomic mass is 16.2. The summed E-state index contributed by atoms with van der Waals surface area (Å²) in [5.74, 6) is 2.76. The van der Waals surface area contributed by atoms with Crippen LogP contribution < -0.4 is 16.0 Å². The molecule has 0 aromatic rings. The molecule has 3 radical (unpaired) electrons. The molecule has 1 aliphatic carbocycles. The Balaban J connectivity index is 2.87. The van der Waals surface area contributed by atoms with Gasteiger partial charge in [-0.15, -0.1) is 6.42 Å². The van der Waals surface area contributed by atoms with Gasteiger partial charge in [-0.25, -0.2) is 0 Å². The molecule has 0 aliphatic heterocycles. The molecular weight excluding hydrogens is 412 g/mol. The number of carbonyl (C=O) groups excluding carboxylic acids is 3. The first kappa shape index (κ1) is 29.5. The van der Waals surface area contributed by atoms with Crippen LogP contribution in [-0.4, -0.2) is 61.5 Å². The lowest BCUT2D eigenvalue weighted by molar-refractivity contribution is -0.134. The lowest BCUT2D eigenvalue weighted by Crippen LogP contribution is -2.62. The van der Waals surface area contributed by atoms with E-state index in [2.05, 4.69) is 21.9 Å². The zero-order valence-corrected chi connectivity index (χ0v) is 21.6. The quantitative estimate of drug-likeness (QED) is 0.277. The zero-order valence-electron chi connectivity index (χ0n) is 21.6. The number of hydrogen-bond donors (Lipinski definition) is 3. The van der Waals surface area contributed by atoms with E-state index in [1.807, 2.05) is 48.5 Å². The molecule has 1 saturated carbocycles. The number of terminal acetylenes is 1. The van der Waals surface area contributed by atoms with Gasteiger partial charge in [0.05, 0.1) is 17.8 Å². The van der Waals surface area contributed by atoms with E-state index in [4.69, 9.17) is 14.2 Å². The molecular formula is C25H42B2N3O3. The normalized spacial score (nSPS) is 16.8. The fraction of sp³-hybridized carbons (Fsp3) is 0.800. The van der Waals surface area contributed by atoms with Crippen molar-refractivity contribution < 1.29 is 14.4 Å². The largest absolute Gasteiger partial charge is 0.353 e. The second-order valence-electron chi connectivity index (χ2n) is 11.3. The zero-order chi connectivity index (χ0) is 25.4. The first-order valence-corrected chi connectivity index (χ1v) is 12.1. The summed E-state index contributed by atoms with van der Waals surface area (Å²) < 4.78 is 0. The number of nitrogens with one attached hydrogen (secondary N) is 3. The first-order chi connectivity index (χ1) is 15.1. The van der Waals surface area contributed by atoms with E-state index in [9.17, 15) is 14.4 Å². The van der Waals surface area contributed by atoms with Crippen molar-refractivity contribution in [3.05, 3.63) is 0 Å². The van der Waals surface area contributed by atoms with Gasteiger partial charge in [0.25, 0.3) is 0 Å². The Kier molecular flexibility index (Phi) is 10.9. The van der Waals surface area contributed by atoms with Crippen molar-refractivity contribution in [3.8, 4) is 12.3 Å². The summed E-state index contributed by atoms with van der Waals surface area (Å²) in [7, 11) is 6.39. The fourth-order valence-electron chi connectivity index (χ4n) is 3.85. The second kappa shape index (κ2) is 12.2. The van der Waals surface area contributed by atoms with Crippen LogP contribution in [0.25, 0.3) is 0 Å². The van der Waals surface area contributed by atoms with Gasteiger partial charge in [-0.2, -0.15) is 0 Å². The standard InChI is InChI=1S/C25H42B2N3O3/c1-9-17(13-16-21(32)28-18-11-10-12-18)29-25(7,8)24(5,6)22(33)19(30-23(2,3)4)14-15-20(31)27-26/h1,17-19,29-30H,10-16H2,2-8H3,(H,28,32). The summed E-state index contributed by atoms with van der Waals surface area (Å²) in [5.41, 5.74) is -1.97. The summed E-state index contributed by atoms with van der Waals surface area (Å²) in [5, 5.41) is 9.84. The van der Waals surface area contributed by atoms with Crippen molar-refractivity contribution in [1.82, 2.24) is 16.0 Å². The fourth-order valence-corrected chi connectivity index (χ4v) is 3.85. The van der Waals surface area contributed by atoms with E-state index >= 15 is 0 Å². The van der Waals surface area contributed by atoms with Crippen LogP contribution in [0.1, 0.15) is 93.4 Å². The molecule has 1 fully saturated rings. The highest BCUT2D eigenvalue weighted by Gasteiger charge is 2.46. The monoisotopic (exact) mass is 454 g/mol. The summed E-state index contributed by atoms with van der Waals surface area (Å²) in [6, 6.07) is -0.553. The van der Waals surface area contributed by atoms with Crippen molar-refractivity contribution >= 4 is 32.3 Å². The smallest absolute Gasteiger partial charge is 0.220 e. The predicted octanol–water partition coefficient (Wildman–Crippen LogP) is 2.25. The third kappa shape index (κ3) is 9.29. The maximum absolute atomic E-state index is 13.7. The molecule has 6 nitrogen and oxygen atoms in total. The second-order valence-corrected chi connectivity index (χ2v) is 11.3. The van der Waals surface area contributed by atoms with Crippen LogP contribution in [0.2, 0.25) is 0 Å². The Bertz CT molecular complexity index is 734. The predicted molar refractivity (Wildman–Crippen MR) is 136 cm³/mol. The number of hydrogen-bond acceptors (Lipinski definition) is 5. The van der Waals surface area contributed by atoms with Crippen LogP contribution in [0.5, 0.6) is 0 Å². The van der Waals surface area contributed by atoms with Gasteiger partial charge in [-0.05, 0) is 73.1 Å². The average molecular weight is 454 g/mol. The Labute approximate surface area is 203 Å². The van der Waals surface area contributed by atoms with E-state index in [0.29, 0.717) is 25.3 Å². The highest BCUT2D eigenvalue weighted by molar-refractivity contribution is 7.08. The van der Waals surface area contributed by atoms with Crippen LogP contribution in [0.15, 0.2) is 0 Å². The first-order valence-electron chi connectivity index (χ1n) is 12.1. The summed E-state index contributed by atoms with van der Waals surface area (Å²) in [6.45, 7) is 13.7. The van der Waals surface area contributed by atoms with Gasteiger partial charge in [0.15, 0.2) is 5.78 Å². The Morgan fingerprint density at radius 3 is 2.09 bits per heavy atom. The summed E-state index contributed by atoms with van der Waals surface area (Å²) >= 11 is 0. The van der Waals surface area contributed by atoms with E-state index < -0.39 is 17.0 Å². The lowest BCUT2D eigenvalue weighted by Gasteiger charge is -2.45. The molecule has 0 heterocycles. The summed E-state index contributed by atoms with van der Waals surface area (Å²) in [4.78, 5) is 37.7. The minimum absolute atomic E-state index is 0.00163. The minimum atomic E-state index is -0.811. The van der Waals surface area contributed by atoms with Crippen LogP contribution in [0.3, 0.4) is 0 Å². The van der Waals surface area contributed by atoms with E-state index in [1.165, 1.54) is 6.42 Å². The average Bonchev–Trinajstić information content (AvgIpc) is 2.68.